The fraction of sp³-hybridized carbons (Fsp3) is 0.373. The third-order valence-corrected chi connectivity index (χ3v) is 14.3. The topological polar surface area (TPSA) is 210 Å². The van der Waals surface area contributed by atoms with Crippen LogP contribution in [0.4, 0.5) is 4.79 Å². The number of carbonyl (C=O) groups excluding carboxylic acids is 2. The molecule has 3 aromatic carbocycles. The van der Waals surface area contributed by atoms with Gasteiger partial charge in [0.2, 0.25) is 0 Å². The number of H-pyrrole nitrogens is 1. The molecule has 10 rings (SSSR count). The number of aliphatic hydroxyl groups excluding tert-OH is 1. The Morgan fingerprint density at radius 3 is 2.56 bits per heavy atom. The van der Waals surface area contributed by atoms with Gasteiger partial charge in [-0.15, -0.1) is 0 Å². The number of rotatable bonds is 11. The molecule has 0 spiro atoms. The van der Waals surface area contributed by atoms with Gasteiger partial charge >= 0.3 is 17.8 Å². The van der Waals surface area contributed by atoms with Crippen molar-refractivity contribution in [2.75, 3.05) is 20.1 Å². The number of aromatic nitrogens is 6. The van der Waals surface area contributed by atoms with E-state index in [1.165, 1.54) is 4.57 Å². The highest BCUT2D eigenvalue weighted by Gasteiger charge is 2.45. The minimum absolute atomic E-state index is 0.0324. The second kappa shape index (κ2) is 17.2. The summed E-state index contributed by atoms with van der Waals surface area (Å²) in [5.41, 5.74) is 4.54. The van der Waals surface area contributed by atoms with Gasteiger partial charge in [0.15, 0.2) is 11.4 Å². The molecule has 2 unspecified atom stereocenters. The lowest BCUT2D eigenvalue weighted by Gasteiger charge is -2.38. The number of likely N-dealkylation sites (tertiary alicyclic amines) is 1. The number of piperidine rings is 1. The fourth-order valence-electron chi connectivity index (χ4n) is 10.3. The number of fused-ring (bicyclic) bond motifs is 6. The molecule has 17 heteroatoms. The van der Waals surface area contributed by atoms with Crippen molar-refractivity contribution >= 4 is 33.9 Å². The molecule has 0 saturated carbocycles. The Morgan fingerprint density at radius 1 is 1.01 bits per heavy atom. The summed E-state index contributed by atoms with van der Waals surface area (Å²) in [5.74, 6) is 0.172. The van der Waals surface area contributed by atoms with Crippen LogP contribution >= 0.6 is 0 Å². The largest absolute Gasteiger partial charge is 0.507 e. The number of phenols is 1. The van der Waals surface area contributed by atoms with Gasteiger partial charge in [0.1, 0.15) is 24.3 Å². The number of nitrogens with one attached hydrogen (secondary N) is 1. The highest BCUT2D eigenvalue weighted by molar-refractivity contribution is 5.90. The number of aromatic hydroxyl groups is 1. The number of amides is 1. The standard InChI is InChI=1S/C51H54N8O9/c1-6-34-35-24-33(10-11-40(35)52-45-37(34)26-58-42(45)25-39-38(47(58)62)27-67-48(63)51(39,66)7-2)68-50(65)55(5)31-15-19-57(20-16-31)44(61)17-21-56-18-14-30-22-32(9-12-41(30)56)59-46(53-54-49(59)64)36-23-29(28(3)4)8-13-43(36)60/h8-14,18,22-25,28,31,44,60-61,66H,6-7,15-17,19-21,26-27H2,1-5H3,(H,54,64). The minimum atomic E-state index is -1.91. The van der Waals surface area contributed by atoms with Crippen LogP contribution in [0.5, 0.6) is 11.5 Å². The number of phenolic OH excluding ortho intramolecular Hbond substituents is 1. The SMILES string of the molecule is CCc1c2c(nc3ccc(OC(=O)N(C)C4CCN(C(O)CCn5ccc6cc(-n7c(-c8cc(C(C)C)ccc8O)n[nH]c7=O)ccc65)CC4)cc13)-c1cc3c(c(=O)n1C2)COC(=O)C3(O)CC. The molecule has 1 amide bonds. The molecule has 2 atom stereocenters. The van der Waals surface area contributed by atoms with Crippen LogP contribution in [-0.2, 0) is 41.2 Å². The number of pyridine rings is 2. The molecule has 0 aliphatic carbocycles. The normalized spacial score (nSPS) is 17.6. The molecule has 1 fully saturated rings. The predicted octanol–water partition coefficient (Wildman–Crippen LogP) is 6.27. The molecular formula is C51H54N8O9. The summed E-state index contributed by atoms with van der Waals surface area (Å²) in [6.45, 7) is 9.64. The Morgan fingerprint density at radius 2 is 1.81 bits per heavy atom. The third-order valence-electron chi connectivity index (χ3n) is 14.3. The fourth-order valence-corrected chi connectivity index (χ4v) is 10.3. The average Bonchev–Trinajstić information content (AvgIpc) is 4.05. The number of aromatic amines is 1. The predicted molar refractivity (Wildman–Crippen MR) is 254 cm³/mol. The van der Waals surface area contributed by atoms with Crippen molar-refractivity contribution in [2.45, 2.75) is 103 Å². The summed E-state index contributed by atoms with van der Waals surface area (Å²) in [6.07, 6.45) is 3.25. The summed E-state index contributed by atoms with van der Waals surface area (Å²) < 4.78 is 16.3. The summed E-state index contributed by atoms with van der Waals surface area (Å²) in [7, 11) is 1.74. The molecule has 7 heterocycles. The number of esters is 1. The molecule has 1 saturated heterocycles. The van der Waals surface area contributed by atoms with E-state index in [9.17, 15) is 34.5 Å². The van der Waals surface area contributed by atoms with E-state index in [1.807, 2.05) is 60.5 Å². The van der Waals surface area contributed by atoms with Gasteiger partial charge in [-0.25, -0.2) is 29.0 Å². The van der Waals surface area contributed by atoms with Crippen molar-refractivity contribution < 1.29 is 34.4 Å². The van der Waals surface area contributed by atoms with Gasteiger partial charge in [0, 0.05) is 72.8 Å². The maximum absolute atomic E-state index is 13.8. The average molecular weight is 923 g/mol. The van der Waals surface area contributed by atoms with E-state index >= 15 is 0 Å². The van der Waals surface area contributed by atoms with Gasteiger partial charge in [0.25, 0.3) is 5.56 Å². The van der Waals surface area contributed by atoms with E-state index in [-0.39, 0.29) is 54.0 Å². The number of nitrogens with zero attached hydrogens (tertiary/aromatic N) is 7. The zero-order chi connectivity index (χ0) is 47.8. The number of ether oxygens (including phenoxy) is 2. The molecule has 7 aromatic rings. The first-order valence-corrected chi connectivity index (χ1v) is 23.3. The van der Waals surface area contributed by atoms with Gasteiger partial charge in [-0.2, -0.15) is 5.10 Å². The smallest absolute Gasteiger partial charge is 0.415 e. The van der Waals surface area contributed by atoms with Crippen LogP contribution in [0.1, 0.15) is 87.1 Å². The molecule has 3 aliphatic rings. The molecule has 352 valence electrons. The monoisotopic (exact) mass is 922 g/mol. The lowest BCUT2D eigenvalue weighted by atomic mass is 9.86. The number of aliphatic hydroxyl groups is 2. The van der Waals surface area contributed by atoms with Gasteiger partial charge < -0.3 is 38.8 Å². The minimum Gasteiger partial charge on any atom is -0.507 e. The molecule has 17 nitrogen and oxygen atoms in total. The quantitative estimate of drug-likeness (QED) is 0.106. The van der Waals surface area contributed by atoms with Gasteiger partial charge in [-0.05, 0) is 103 Å². The number of hydrogen-bond donors (Lipinski definition) is 4. The second-order valence-corrected chi connectivity index (χ2v) is 18.4. The Balaban J connectivity index is 0.770. The second-order valence-electron chi connectivity index (χ2n) is 18.4. The maximum Gasteiger partial charge on any atom is 0.415 e. The van der Waals surface area contributed by atoms with Crippen LogP contribution in [-0.4, -0.2) is 98.5 Å². The van der Waals surface area contributed by atoms with Crippen molar-refractivity contribution in [3.63, 3.8) is 0 Å². The summed E-state index contributed by atoms with van der Waals surface area (Å²) in [5, 5.41) is 41.8. The first kappa shape index (κ1) is 44.7. The summed E-state index contributed by atoms with van der Waals surface area (Å²) in [6, 6.07) is 20.0. The molecule has 4 aromatic heterocycles. The van der Waals surface area contributed by atoms with Crippen LogP contribution in [0.25, 0.3) is 50.3 Å². The van der Waals surface area contributed by atoms with Crippen molar-refractivity contribution in [1.29, 1.82) is 0 Å². The summed E-state index contributed by atoms with van der Waals surface area (Å²) >= 11 is 0. The molecule has 3 aliphatic heterocycles. The van der Waals surface area contributed by atoms with Crippen LogP contribution in [0, 0.1) is 0 Å². The van der Waals surface area contributed by atoms with Crippen molar-refractivity contribution in [3.05, 3.63) is 122 Å². The Bertz CT molecular complexity index is 3290. The zero-order valence-electron chi connectivity index (χ0n) is 38.7. The first-order valence-electron chi connectivity index (χ1n) is 23.3. The third kappa shape index (κ3) is 7.45. The van der Waals surface area contributed by atoms with E-state index < -0.39 is 29.6 Å². The molecule has 4 N–H and O–H groups in total. The van der Waals surface area contributed by atoms with Crippen LogP contribution in [0.2, 0.25) is 0 Å². The first-order chi connectivity index (χ1) is 32.7. The van der Waals surface area contributed by atoms with Crippen LogP contribution in [0.3, 0.4) is 0 Å². The lowest BCUT2D eigenvalue weighted by molar-refractivity contribution is -0.172. The maximum atomic E-state index is 13.8. The molecular weight excluding hydrogens is 869 g/mol. The number of cyclic esters (lactones) is 1. The number of hydrogen-bond acceptors (Lipinski definition) is 12. The molecule has 68 heavy (non-hydrogen) atoms. The van der Waals surface area contributed by atoms with Crippen molar-refractivity contribution in [1.82, 2.24) is 38.7 Å². The van der Waals surface area contributed by atoms with Crippen LogP contribution in [0.15, 0.2) is 82.5 Å². The van der Waals surface area contributed by atoms with Crippen LogP contribution < -0.4 is 16.0 Å². The van der Waals surface area contributed by atoms with Gasteiger partial charge in [0.05, 0.1) is 40.3 Å². The van der Waals surface area contributed by atoms with Crippen molar-refractivity contribution in [2.24, 2.45) is 0 Å². The van der Waals surface area contributed by atoms with Crippen molar-refractivity contribution in [3.8, 4) is 40.0 Å². The van der Waals surface area contributed by atoms with E-state index in [2.05, 4.69) is 28.6 Å². The molecule has 0 bridgehead atoms. The van der Waals surface area contributed by atoms with Gasteiger partial charge in [-0.1, -0.05) is 33.8 Å². The zero-order valence-corrected chi connectivity index (χ0v) is 38.7. The number of benzene rings is 3. The Kier molecular flexibility index (Phi) is 11.3. The highest BCUT2D eigenvalue weighted by atomic mass is 16.6. The van der Waals surface area contributed by atoms with E-state index in [4.69, 9.17) is 14.5 Å². The molecule has 0 radical (unpaired) electrons. The number of aryl methyl sites for hydroxylation is 2. The highest BCUT2D eigenvalue weighted by Crippen LogP contribution is 2.41. The lowest BCUT2D eigenvalue weighted by Crippen LogP contribution is -2.49. The van der Waals surface area contributed by atoms with E-state index in [0.29, 0.717) is 85.0 Å². The van der Waals surface area contributed by atoms with E-state index in [1.54, 1.807) is 47.7 Å². The van der Waals surface area contributed by atoms with Gasteiger partial charge in [-0.3, -0.25) is 9.69 Å². The van der Waals surface area contributed by atoms with E-state index in [0.717, 1.165) is 33.0 Å². The number of carbonyl (C=O) groups is 2. The Hall–Kier alpha value is -7.08. The summed E-state index contributed by atoms with van der Waals surface area (Å²) in [4.78, 5) is 61.6. The Labute approximate surface area is 390 Å².